The van der Waals surface area contributed by atoms with Crippen LogP contribution in [0.3, 0.4) is 0 Å². The summed E-state index contributed by atoms with van der Waals surface area (Å²) in [5, 5.41) is 18.8. The third kappa shape index (κ3) is 6.23. The number of benzene rings is 5. The normalized spacial score (nSPS) is 11.4. The van der Waals surface area contributed by atoms with Gasteiger partial charge in [-0.2, -0.15) is 0 Å². The molecule has 0 fully saturated rings. The van der Waals surface area contributed by atoms with E-state index in [0.29, 0.717) is 17.4 Å². The first-order valence-corrected chi connectivity index (χ1v) is 17.1. The van der Waals surface area contributed by atoms with Crippen LogP contribution in [0.4, 0.5) is 5.69 Å². The van der Waals surface area contributed by atoms with Gasteiger partial charge in [0, 0.05) is 17.8 Å². The highest BCUT2D eigenvalue weighted by molar-refractivity contribution is 6.33. The molecule has 7 rings (SSSR count). The van der Waals surface area contributed by atoms with Crippen molar-refractivity contribution in [3.8, 4) is 22.5 Å². The van der Waals surface area contributed by atoms with Crippen LogP contribution in [0.15, 0.2) is 146 Å². The standard InChI is InChI=1S/C42H37ClN6/c1-3-35-28-39(40(43)38(4-2)45-35)44-29-30-24-26-31(27-25-30)36-22-14-15-23-37(36)41-46-48-49(47-41)42(32-16-8-5-9-17-32,33-18-10-6-11-19-33)34-20-12-7-13-21-34/h5-28H,3-4,29H2,1-2H3,(H,44,45). The zero-order valence-electron chi connectivity index (χ0n) is 27.6. The molecule has 1 N–H and O–H groups in total. The smallest absolute Gasteiger partial charge is 0.205 e. The summed E-state index contributed by atoms with van der Waals surface area (Å²) in [6, 6.07) is 50.0. The van der Waals surface area contributed by atoms with E-state index in [-0.39, 0.29) is 0 Å². The summed E-state index contributed by atoms with van der Waals surface area (Å²) in [6.45, 7) is 4.84. The molecule has 0 atom stereocenters. The van der Waals surface area contributed by atoms with Gasteiger partial charge in [-0.25, -0.2) is 0 Å². The van der Waals surface area contributed by atoms with Crippen molar-refractivity contribution in [2.24, 2.45) is 0 Å². The molecule has 0 saturated heterocycles. The highest BCUT2D eigenvalue weighted by Crippen LogP contribution is 2.40. The first-order chi connectivity index (χ1) is 24.1. The highest BCUT2D eigenvalue weighted by Gasteiger charge is 2.41. The van der Waals surface area contributed by atoms with Crippen molar-refractivity contribution in [3.63, 3.8) is 0 Å². The van der Waals surface area contributed by atoms with Crippen LogP contribution in [0.5, 0.6) is 0 Å². The Hall–Kier alpha value is -5.59. The number of hydrogen-bond donors (Lipinski definition) is 1. The summed E-state index contributed by atoms with van der Waals surface area (Å²) in [6.07, 6.45) is 1.66. The molecular weight excluding hydrogens is 624 g/mol. The molecule has 0 radical (unpaired) electrons. The van der Waals surface area contributed by atoms with Gasteiger partial charge in [0.15, 0.2) is 5.54 Å². The molecule has 0 spiro atoms. The van der Waals surface area contributed by atoms with Crippen LogP contribution < -0.4 is 5.32 Å². The second kappa shape index (κ2) is 14.3. The van der Waals surface area contributed by atoms with Gasteiger partial charge in [0.2, 0.25) is 5.82 Å². The summed E-state index contributed by atoms with van der Waals surface area (Å²) < 4.78 is 0. The van der Waals surface area contributed by atoms with Gasteiger partial charge in [-0.05, 0) is 57.5 Å². The van der Waals surface area contributed by atoms with E-state index < -0.39 is 5.54 Å². The van der Waals surface area contributed by atoms with Gasteiger partial charge < -0.3 is 5.32 Å². The third-order valence-corrected chi connectivity index (χ3v) is 9.40. The Morgan fingerprint density at radius 2 is 1.20 bits per heavy atom. The Morgan fingerprint density at radius 1 is 0.653 bits per heavy atom. The minimum atomic E-state index is -0.841. The molecule has 0 aliphatic heterocycles. The molecule has 49 heavy (non-hydrogen) atoms. The summed E-state index contributed by atoms with van der Waals surface area (Å²) in [5.41, 5.74) is 9.32. The van der Waals surface area contributed by atoms with Crippen molar-refractivity contribution >= 4 is 17.3 Å². The number of rotatable bonds is 11. The van der Waals surface area contributed by atoms with E-state index in [1.165, 1.54) is 0 Å². The molecule has 5 aromatic carbocycles. The second-order valence-electron chi connectivity index (χ2n) is 11.9. The van der Waals surface area contributed by atoms with Gasteiger partial charge in [-0.1, -0.05) is 165 Å². The minimum absolute atomic E-state index is 0.555. The van der Waals surface area contributed by atoms with Crippen LogP contribution in [-0.2, 0) is 24.9 Å². The topological polar surface area (TPSA) is 68.5 Å². The monoisotopic (exact) mass is 660 g/mol. The minimum Gasteiger partial charge on any atom is -0.380 e. The predicted octanol–water partition coefficient (Wildman–Crippen LogP) is 9.63. The Bertz CT molecular complexity index is 2050. The van der Waals surface area contributed by atoms with Crippen LogP contribution in [0.25, 0.3) is 22.5 Å². The summed E-state index contributed by atoms with van der Waals surface area (Å²) in [4.78, 5) is 6.45. The number of anilines is 1. The fourth-order valence-corrected chi connectivity index (χ4v) is 6.76. The molecule has 0 saturated carbocycles. The fourth-order valence-electron chi connectivity index (χ4n) is 6.46. The van der Waals surface area contributed by atoms with Gasteiger partial charge in [0.25, 0.3) is 0 Å². The Morgan fingerprint density at radius 3 is 1.76 bits per heavy atom. The molecular formula is C42H37ClN6. The van der Waals surface area contributed by atoms with Crippen LogP contribution in [0.1, 0.15) is 47.5 Å². The van der Waals surface area contributed by atoms with E-state index in [9.17, 15) is 0 Å². The average molecular weight is 661 g/mol. The lowest BCUT2D eigenvalue weighted by Gasteiger charge is -2.34. The third-order valence-electron chi connectivity index (χ3n) is 8.98. The average Bonchev–Trinajstić information content (AvgIpc) is 3.67. The van der Waals surface area contributed by atoms with Crippen molar-refractivity contribution < 1.29 is 0 Å². The van der Waals surface area contributed by atoms with E-state index in [1.807, 2.05) is 36.4 Å². The number of nitrogens with zero attached hydrogens (tertiary/aromatic N) is 5. The zero-order valence-corrected chi connectivity index (χ0v) is 28.3. The van der Waals surface area contributed by atoms with Gasteiger partial charge in [-0.3, -0.25) is 4.98 Å². The number of hydrogen-bond acceptors (Lipinski definition) is 5. The van der Waals surface area contributed by atoms with E-state index in [2.05, 4.69) is 133 Å². The number of aromatic nitrogens is 5. The molecule has 7 heteroatoms. The maximum absolute atomic E-state index is 6.68. The highest BCUT2D eigenvalue weighted by atomic mass is 35.5. The number of pyridine rings is 1. The van der Waals surface area contributed by atoms with Gasteiger partial charge in [-0.15, -0.1) is 15.0 Å². The number of halogens is 1. The summed E-state index contributed by atoms with van der Waals surface area (Å²) in [5.74, 6) is 0.555. The van der Waals surface area contributed by atoms with Gasteiger partial charge >= 0.3 is 0 Å². The van der Waals surface area contributed by atoms with E-state index >= 15 is 0 Å². The molecule has 0 aliphatic carbocycles. The summed E-state index contributed by atoms with van der Waals surface area (Å²) in [7, 11) is 0. The quantitative estimate of drug-likeness (QED) is 0.140. The molecule has 242 valence electrons. The van der Waals surface area contributed by atoms with E-state index in [4.69, 9.17) is 27.0 Å². The molecule has 7 aromatic rings. The second-order valence-corrected chi connectivity index (χ2v) is 12.3. The van der Waals surface area contributed by atoms with Gasteiger partial charge in [0.05, 0.1) is 16.4 Å². The first kappa shape index (κ1) is 32.0. The molecule has 0 amide bonds. The Labute approximate surface area is 292 Å². The fraction of sp³-hybridized carbons (Fsp3) is 0.143. The molecule has 0 unspecified atom stereocenters. The van der Waals surface area contributed by atoms with Crippen LogP contribution >= 0.6 is 11.6 Å². The first-order valence-electron chi connectivity index (χ1n) is 16.7. The molecule has 6 nitrogen and oxygen atoms in total. The predicted molar refractivity (Wildman–Crippen MR) is 199 cm³/mol. The number of tetrazole rings is 1. The lowest BCUT2D eigenvalue weighted by atomic mass is 9.77. The number of aryl methyl sites for hydroxylation is 2. The van der Waals surface area contributed by atoms with Crippen LogP contribution in [0, 0.1) is 0 Å². The SMILES string of the molecule is CCc1cc(NCc2ccc(-c3ccccc3-c3nnn(C(c4ccccc4)(c4ccccc4)c4ccccc4)n3)cc2)c(Cl)c(CC)n1. The molecule has 2 aromatic heterocycles. The van der Waals surface area contributed by atoms with Crippen molar-refractivity contribution in [2.75, 3.05) is 5.32 Å². The summed E-state index contributed by atoms with van der Waals surface area (Å²) >= 11 is 6.68. The van der Waals surface area contributed by atoms with Crippen molar-refractivity contribution in [1.82, 2.24) is 25.2 Å². The van der Waals surface area contributed by atoms with Crippen molar-refractivity contribution in [2.45, 2.75) is 38.8 Å². The van der Waals surface area contributed by atoms with Crippen molar-refractivity contribution in [3.05, 3.63) is 184 Å². The van der Waals surface area contributed by atoms with Crippen LogP contribution in [-0.4, -0.2) is 25.2 Å². The van der Waals surface area contributed by atoms with E-state index in [0.717, 1.165) is 68.9 Å². The van der Waals surface area contributed by atoms with Crippen LogP contribution in [0.2, 0.25) is 5.02 Å². The van der Waals surface area contributed by atoms with Gasteiger partial charge in [0.1, 0.15) is 0 Å². The maximum Gasteiger partial charge on any atom is 0.205 e. The Kier molecular flexibility index (Phi) is 9.31. The molecule has 0 bridgehead atoms. The lowest BCUT2D eigenvalue weighted by molar-refractivity contribution is 0.396. The molecule has 2 heterocycles. The largest absolute Gasteiger partial charge is 0.380 e. The lowest BCUT2D eigenvalue weighted by Crippen LogP contribution is -2.39. The van der Waals surface area contributed by atoms with E-state index in [1.54, 1.807) is 4.80 Å². The maximum atomic E-state index is 6.68. The Balaban J connectivity index is 1.24. The molecule has 0 aliphatic rings. The van der Waals surface area contributed by atoms with Crippen molar-refractivity contribution in [1.29, 1.82) is 0 Å². The number of nitrogens with one attached hydrogen (secondary N) is 1. The zero-order chi connectivity index (χ0) is 33.6.